The average Bonchev–Trinajstić information content (AvgIpc) is 2.74. The minimum atomic E-state index is -3.86. The Morgan fingerprint density at radius 1 is 0.966 bits per heavy atom. The van der Waals surface area contributed by atoms with Crippen LogP contribution in [0.2, 0.25) is 0 Å². The molecule has 1 aliphatic rings. The van der Waals surface area contributed by atoms with E-state index in [1.54, 1.807) is 67.8 Å². The number of para-hydroxylation sites is 1. The second-order valence-electron chi connectivity index (χ2n) is 6.88. The van der Waals surface area contributed by atoms with E-state index in [0.717, 1.165) is 11.1 Å². The average molecular weight is 428 g/mol. The predicted octanol–water partition coefficient (Wildman–Crippen LogP) is 4.06. The van der Waals surface area contributed by atoms with Crippen molar-refractivity contribution in [3.8, 4) is 5.75 Å². The van der Waals surface area contributed by atoms with Crippen LogP contribution in [0, 0.1) is 6.92 Å². The van der Waals surface area contributed by atoms with Crippen LogP contribution in [-0.4, -0.2) is 25.5 Å². The zero-order chi connectivity index (χ0) is 20.6. The van der Waals surface area contributed by atoms with Crippen LogP contribution in [0.15, 0.2) is 82.6 Å². The minimum Gasteiger partial charge on any atom is -0.497 e. The number of ether oxygens (including phenoxy) is 1. The van der Waals surface area contributed by atoms with Crippen LogP contribution < -0.4 is 9.04 Å². The van der Waals surface area contributed by atoms with Gasteiger partial charge < -0.3 is 4.74 Å². The Hall–Kier alpha value is -2.64. The number of rotatable bonds is 4. The van der Waals surface area contributed by atoms with Gasteiger partial charge in [0, 0.05) is 0 Å². The summed E-state index contributed by atoms with van der Waals surface area (Å²) in [5.41, 5.74) is 2.21. The number of methoxy groups -OCH3 is 1. The van der Waals surface area contributed by atoms with Gasteiger partial charge >= 0.3 is 0 Å². The largest absolute Gasteiger partial charge is 0.497 e. The molecule has 3 aromatic carbocycles. The molecule has 0 bridgehead atoms. The number of hydrogen-bond donors (Lipinski definition) is 0. The van der Waals surface area contributed by atoms with Gasteiger partial charge in [0.2, 0.25) is 0 Å². The van der Waals surface area contributed by atoms with E-state index in [9.17, 15) is 12.6 Å². The molecule has 0 unspecified atom stereocenters. The van der Waals surface area contributed by atoms with Crippen LogP contribution in [0.3, 0.4) is 0 Å². The Balaban J connectivity index is 1.90. The van der Waals surface area contributed by atoms with Gasteiger partial charge in [-0.05, 0) is 48.9 Å². The summed E-state index contributed by atoms with van der Waals surface area (Å²) >= 11 is 0. The first-order chi connectivity index (χ1) is 13.9. The summed E-state index contributed by atoms with van der Waals surface area (Å²) in [5, 5.41) is 0. The highest BCUT2D eigenvalue weighted by atomic mass is 32.2. The van der Waals surface area contributed by atoms with Gasteiger partial charge in [0.25, 0.3) is 10.0 Å². The second-order valence-corrected chi connectivity index (χ2v) is 10.2. The lowest BCUT2D eigenvalue weighted by Crippen LogP contribution is -2.41. The van der Waals surface area contributed by atoms with E-state index in [0.29, 0.717) is 16.3 Å². The third kappa shape index (κ3) is 3.56. The zero-order valence-electron chi connectivity index (χ0n) is 16.1. The molecular weight excluding hydrogens is 406 g/mol. The van der Waals surface area contributed by atoms with Crippen molar-refractivity contribution in [3.05, 3.63) is 83.9 Å². The van der Waals surface area contributed by atoms with Gasteiger partial charge in [-0.25, -0.2) is 8.42 Å². The summed E-state index contributed by atoms with van der Waals surface area (Å²) in [6.45, 7) is 1.91. The van der Waals surface area contributed by atoms with Crippen molar-refractivity contribution in [2.75, 3.05) is 17.2 Å². The maximum absolute atomic E-state index is 13.7. The molecule has 0 N–H and O–H groups in total. The topological polar surface area (TPSA) is 63.7 Å². The molecule has 1 heterocycles. The number of aryl methyl sites for hydroxylation is 1. The quantitative estimate of drug-likeness (QED) is 0.630. The van der Waals surface area contributed by atoms with E-state index in [1.165, 1.54) is 4.31 Å². The number of anilines is 1. The van der Waals surface area contributed by atoms with Crippen molar-refractivity contribution >= 4 is 26.5 Å². The van der Waals surface area contributed by atoms with Gasteiger partial charge in [0.05, 0.1) is 45.2 Å². The number of hydrogen-bond acceptors (Lipinski definition) is 4. The molecule has 0 saturated carbocycles. The third-order valence-electron chi connectivity index (χ3n) is 5.02. The Kier molecular flexibility index (Phi) is 5.19. The maximum atomic E-state index is 13.7. The number of nitrogens with zero attached hydrogens (tertiary/aromatic N) is 1. The van der Waals surface area contributed by atoms with E-state index < -0.39 is 26.9 Å². The van der Waals surface area contributed by atoms with Crippen molar-refractivity contribution < 1.29 is 17.4 Å². The predicted molar refractivity (Wildman–Crippen MR) is 114 cm³/mol. The second kappa shape index (κ2) is 7.65. The zero-order valence-corrected chi connectivity index (χ0v) is 17.7. The molecule has 0 aromatic heterocycles. The summed E-state index contributed by atoms with van der Waals surface area (Å²) in [4.78, 5) is 0.747. The molecule has 0 spiro atoms. The molecule has 0 aliphatic carbocycles. The lowest BCUT2D eigenvalue weighted by atomic mass is 10.1. The molecule has 7 heteroatoms. The van der Waals surface area contributed by atoms with E-state index in [-0.39, 0.29) is 10.6 Å². The van der Waals surface area contributed by atoms with Gasteiger partial charge in [0.1, 0.15) is 5.75 Å². The van der Waals surface area contributed by atoms with Gasteiger partial charge in [-0.15, -0.1) is 0 Å². The van der Waals surface area contributed by atoms with E-state index >= 15 is 0 Å². The molecule has 3 aromatic rings. The standard InChI is InChI=1S/C22H21NO4S2/c1-16-7-13-19(14-8-16)29(25,26)23-20-5-3-4-6-22(20)28(24)15-21(23)17-9-11-18(27-2)12-10-17/h3-14,21H,15H2,1-2H3/t21-,28+/m0/s1. The van der Waals surface area contributed by atoms with Crippen LogP contribution >= 0.6 is 0 Å². The van der Waals surface area contributed by atoms with Gasteiger partial charge in [0.15, 0.2) is 0 Å². The molecule has 150 valence electrons. The van der Waals surface area contributed by atoms with E-state index in [4.69, 9.17) is 4.74 Å². The summed E-state index contributed by atoms with van der Waals surface area (Å²) in [6.07, 6.45) is 0. The van der Waals surface area contributed by atoms with Crippen LogP contribution in [0.25, 0.3) is 0 Å². The first-order valence-corrected chi connectivity index (χ1v) is 11.9. The highest BCUT2D eigenvalue weighted by Crippen LogP contribution is 2.42. The highest BCUT2D eigenvalue weighted by Gasteiger charge is 2.39. The molecule has 0 saturated heterocycles. The Morgan fingerprint density at radius 3 is 2.28 bits per heavy atom. The van der Waals surface area contributed by atoms with Crippen molar-refractivity contribution in [2.24, 2.45) is 0 Å². The summed E-state index contributed by atoms with van der Waals surface area (Å²) < 4.78 is 46.9. The Bertz CT molecular complexity index is 1160. The van der Waals surface area contributed by atoms with Crippen molar-refractivity contribution in [2.45, 2.75) is 22.8 Å². The maximum Gasteiger partial charge on any atom is 0.264 e. The number of benzene rings is 3. The first kappa shape index (κ1) is 19.7. The van der Waals surface area contributed by atoms with E-state index in [1.807, 2.05) is 19.1 Å². The van der Waals surface area contributed by atoms with Gasteiger partial charge in [-0.2, -0.15) is 0 Å². The number of sulfonamides is 1. The van der Waals surface area contributed by atoms with Crippen LogP contribution in [0.5, 0.6) is 5.75 Å². The van der Waals surface area contributed by atoms with E-state index in [2.05, 4.69) is 0 Å². The normalized spacial score (nSPS) is 18.9. The third-order valence-corrected chi connectivity index (χ3v) is 8.31. The molecule has 4 rings (SSSR count). The molecule has 0 fully saturated rings. The smallest absolute Gasteiger partial charge is 0.264 e. The molecule has 5 nitrogen and oxygen atoms in total. The molecule has 2 atom stereocenters. The summed E-state index contributed by atoms with van der Waals surface area (Å²) in [5.74, 6) is 0.869. The van der Waals surface area contributed by atoms with Gasteiger partial charge in [-0.3, -0.25) is 8.51 Å². The molecule has 29 heavy (non-hydrogen) atoms. The fourth-order valence-electron chi connectivity index (χ4n) is 3.48. The SMILES string of the molecule is COc1ccc([C@@H]2C[S@@](=O)c3ccccc3N2S(=O)(=O)c2ccc(C)cc2)cc1. The Labute approximate surface area is 173 Å². The van der Waals surface area contributed by atoms with Crippen molar-refractivity contribution in [3.63, 3.8) is 0 Å². The van der Waals surface area contributed by atoms with Gasteiger partial charge in [-0.1, -0.05) is 42.0 Å². The lowest BCUT2D eigenvalue weighted by Gasteiger charge is -2.37. The highest BCUT2D eigenvalue weighted by molar-refractivity contribution is 7.93. The van der Waals surface area contributed by atoms with Crippen LogP contribution in [0.4, 0.5) is 5.69 Å². The summed E-state index contributed by atoms with van der Waals surface area (Å²) in [6, 6.07) is 20.4. The Morgan fingerprint density at radius 2 is 1.62 bits per heavy atom. The molecule has 1 aliphatic heterocycles. The van der Waals surface area contributed by atoms with Crippen molar-refractivity contribution in [1.82, 2.24) is 0 Å². The van der Waals surface area contributed by atoms with Crippen LogP contribution in [0.1, 0.15) is 17.2 Å². The fraction of sp³-hybridized carbons (Fsp3) is 0.182. The minimum absolute atomic E-state index is 0.189. The molecule has 0 radical (unpaired) electrons. The number of fused-ring (bicyclic) bond motifs is 1. The monoisotopic (exact) mass is 427 g/mol. The fourth-order valence-corrected chi connectivity index (χ4v) is 6.73. The summed E-state index contributed by atoms with van der Waals surface area (Å²) in [7, 11) is -3.59. The van der Waals surface area contributed by atoms with Crippen molar-refractivity contribution in [1.29, 1.82) is 0 Å². The molecule has 0 amide bonds. The molecular formula is C22H21NO4S2. The lowest BCUT2D eigenvalue weighted by molar-refractivity contribution is 0.414. The first-order valence-electron chi connectivity index (χ1n) is 9.14. The van der Waals surface area contributed by atoms with Crippen LogP contribution in [-0.2, 0) is 20.8 Å².